The number of carbonyl (C=O) groups excluding carboxylic acids is 2. The molecule has 0 unspecified atom stereocenters. The van der Waals surface area contributed by atoms with Gasteiger partial charge in [-0.25, -0.2) is 4.98 Å². The van der Waals surface area contributed by atoms with E-state index in [2.05, 4.69) is 31.3 Å². The van der Waals surface area contributed by atoms with E-state index in [1.54, 1.807) is 22.6 Å². The molecule has 0 spiro atoms. The van der Waals surface area contributed by atoms with E-state index in [-0.39, 0.29) is 11.8 Å². The number of aromatic nitrogens is 3. The second kappa shape index (κ2) is 8.18. The molecule has 148 valence electrons. The highest BCUT2D eigenvalue weighted by Crippen LogP contribution is 2.33. The van der Waals surface area contributed by atoms with Crippen LogP contribution in [0.4, 0.5) is 5.69 Å². The normalized spacial score (nSPS) is 11.1. The summed E-state index contributed by atoms with van der Waals surface area (Å²) in [5.41, 5.74) is 8.55. The van der Waals surface area contributed by atoms with Gasteiger partial charge in [0, 0.05) is 46.7 Å². The van der Waals surface area contributed by atoms with Gasteiger partial charge in [0.1, 0.15) is 5.69 Å². The Balaban J connectivity index is 1.68. The molecule has 0 saturated heterocycles. The van der Waals surface area contributed by atoms with Crippen molar-refractivity contribution >= 4 is 55.7 Å². The summed E-state index contributed by atoms with van der Waals surface area (Å²) in [6.07, 6.45) is 5.98. The smallest absolute Gasteiger partial charge is 0.275 e. The highest BCUT2D eigenvalue weighted by atomic mass is 79.9. The van der Waals surface area contributed by atoms with Gasteiger partial charge < -0.3 is 15.5 Å². The molecule has 8 nitrogen and oxygen atoms in total. The number of hydrogen-bond acceptors (Lipinski definition) is 6. The van der Waals surface area contributed by atoms with Gasteiger partial charge in [-0.3, -0.25) is 14.3 Å². The van der Waals surface area contributed by atoms with Crippen LogP contribution in [0.2, 0.25) is 0 Å². The first-order chi connectivity index (χ1) is 14.0. The number of nitrogens with two attached hydrogens (primary N) is 1. The van der Waals surface area contributed by atoms with Crippen LogP contribution in [0.3, 0.4) is 0 Å². The molecule has 0 atom stereocenters. The molecule has 29 heavy (non-hydrogen) atoms. The summed E-state index contributed by atoms with van der Waals surface area (Å²) in [6.45, 7) is 0.577. The first-order valence-corrected chi connectivity index (χ1v) is 10.4. The number of primary amides is 1. The van der Waals surface area contributed by atoms with Crippen molar-refractivity contribution in [2.45, 2.75) is 19.4 Å². The zero-order chi connectivity index (χ0) is 20.4. The summed E-state index contributed by atoms with van der Waals surface area (Å²) >= 11 is 4.62. The van der Waals surface area contributed by atoms with Crippen LogP contribution in [0.5, 0.6) is 0 Å². The van der Waals surface area contributed by atoms with Crippen LogP contribution in [0.15, 0.2) is 50.6 Å². The van der Waals surface area contributed by atoms with E-state index in [0.29, 0.717) is 34.7 Å². The first-order valence-electron chi connectivity index (χ1n) is 8.74. The molecule has 4 aromatic rings. The molecule has 0 bridgehead atoms. The van der Waals surface area contributed by atoms with Crippen molar-refractivity contribution in [2.24, 2.45) is 5.73 Å². The van der Waals surface area contributed by atoms with Gasteiger partial charge >= 0.3 is 0 Å². The maximum atomic E-state index is 12.6. The van der Waals surface area contributed by atoms with Crippen molar-refractivity contribution in [1.82, 2.24) is 14.8 Å². The van der Waals surface area contributed by atoms with Gasteiger partial charge in [0.2, 0.25) is 5.91 Å². The third-order valence-corrected chi connectivity index (χ3v) is 5.66. The average Bonchev–Trinajstić information content (AvgIpc) is 3.40. The van der Waals surface area contributed by atoms with Crippen molar-refractivity contribution in [2.75, 3.05) is 5.32 Å². The van der Waals surface area contributed by atoms with Gasteiger partial charge in [-0.2, -0.15) is 5.10 Å². The Labute approximate surface area is 177 Å². The highest BCUT2D eigenvalue weighted by molar-refractivity contribution is 9.11. The van der Waals surface area contributed by atoms with Gasteiger partial charge in [-0.05, 0) is 40.5 Å². The zero-order valence-electron chi connectivity index (χ0n) is 15.1. The van der Waals surface area contributed by atoms with Crippen molar-refractivity contribution < 1.29 is 14.0 Å². The molecule has 4 rings (SSSR count). The Morgan fingerprint density at radius 1 is 1.34 bits per heavy atom. The van der Waals surface area contributed by atoms with Crippen LogP contribution in [0.1, 0.15) is 23.3 Å². The summed E-state index contributed by atoms with van der Waals surface area (Å²) in [5, 5.41) is 10.1. The zero-order valence-corrected chi connectivity index (χ0v) is 17.5. The molecule has 10 heteroatoms. The fourth-order valence-corrected chi connectivity index (χ4v) is 3.95. The van der Waals surface area contributed by atoms with E-state index >= 15 is 0 Å². The topological polar surface area (TPSA) is 116 Å². The molecule has 3 N–H and O–H groups in total. The van der Waals surface area contributed by atoms with Crippen LogP contribution in [0.25, 0.3) is 22.0 Å². The van der Waals surface area contributed by atoms with E-state index in [1.165, 1.54) is 11.3 Å². The third kappa shape index (κ3) is 4.38. The van der Waals surface area contributed by atoms with Crippen molar-refractivity contribution in [1.29, 1.82) is 0 Å². The number of furan rings is 1. The third-order valence-electron chi connectivity index (χ3n) is 4.29. The second-order valence-electron chi connectivity index (χ2n) is 6.37. The van der Waals surface area contributed by atoms with Crippen LogP contribution < -0.4 is 11.1 Å². The number of nitrogens with one attached hydrogen (secondary N) is 1. The number of anilines is 1. The van der Waals surface area contributed by atoms with Gasteiger partial charge in [0.15, 0.2) is 3.92 Å². The summed E-state index contributed by atoms with van der Waals surface area (Å²) in [6, 6.07) is 5.59. The van der Waals surface area contributed by atoms with Crippen LogP contribution in [0, 0.1) is 0 Å². The fourth-order valence-electron chi connectivity index (χ4n) is 2.96. The molecule has 3 aromatic heterocycles. The maximum Gasteiger partial charge on any atom is 0.275 e. The number of thiazole rings is 1. The molecule has 0 fully saturated rings. The molecular formula is C19H16BrN5O3S. The van der Waals surface area contributed by atoms with Crippen LogP contribution in [-0.4, -0.2) is 26.6 Å². The van der Waals surface area contributed by atoms with E-state index in [0.717, 1.165) is 22.0 Å². The molecule has 0 radical (unpaired) electrons. The number of halogens is 1. The Hall–Kier alpha value is -2.98. The number of fused-ring (bicyclic) bond motifs is 1. The fraction of sp³-hybridized carbons (Fsp3) is 0.158. The Morgan fingerprint density at radius 2 is 2.21 bits per heavy atom. The number of carbonyl (C=O) groups is 2. The minimum absolute atomic E-state index is 0.301. The predicted octanol–water partition coefficient (Wildman–Crippen LogP) is 4.03. The van der Waals surface area contributed by atoms with Crippen molar-refractivity contribution in [3.8, 4) is 11.1 Å². The van der Waals surface area contributed by atoms with Crippen LogP contribution in [-0.2, 0) is 11.3 Å². The summed E-state index contributed by atoms with van der Waals surface area (Å²) in [5.74, 6) is -0.632. The number of aryl methyl sites for hydroxylation is 1. The van der Waals surface area contributed by atoms with E-state index in [9.17, 15) is 9.59 Å². The van der Waals surface area contributed by atoms with E-state index in [4.69, 9.17) is 10.2 Å². The summed E-state index contributed by atoms with van der Waals surface area (Å²) in [7, 11) is 0. The minimum atomic E-state index is -0.331. The molecule has 1 aromatic carbocycles. The van der Waals surface area contributed by atoms with Gasteiger partial charge in [-0.15, -0.1) is 11.3 Å². The van der Waals surface area contributed by atoms with Crippen molar-refractivity contribution in [3.05, 3.63) is 51.9 Å². The Kier molecular flexibility index (Phi) is 5.45. The van der Waals surface area contributed by atoms with Gasteiger partial charge in [-0.1, -0.05) is 0 Å². The molecule has 2 amide bonds. The Morgan fingerprint density at radius 3 is 2.90 bits per heavy atom. The quantitative estimate of drug-likeness (QED) is 0.420. The number of hydrogen-bond donors (Lipinski definition) is 2. The lowest BCUT2D eigenvalue weighted by atomic mass is 10.0. The average molecular weight is 474 g/mol. The lowest BCUT2D eigenvalue weighted by Crippen LogP contribution is -2.13. The standard InChI is InChI=1S/C19H16BrN5O3S/c20-19-23-16(10-29-19)18(27)22-15-6-12-8-25(4-1-2-17(21)26)24-14(12)7-13(15)11-3-5-28-9-11/h3,5-10H,1-2,4H2,(H2,21,26)(H,22,27). The SMILES string of the molecule is NC(=O)CCCn1cc2cc(NC(=O)c3csc(Br)n3)c(-c3ccoc3)cc2n1. The Bertz CT molecular complexity index is 1180. The lowest BCUT2D eigenvalue weighted by Gasteiger charge is -2.09. The number of amides is 2. The highest BCUT2D eigenvalue weighted by Gasteiger charge is 2.16. The number of nitrogens with zero attached hydrogens (tertiary/aromatic N) is 3. The first kappa shape index (κ1) is 19.3. The lowest BCUT2D eigenvalue weighted by molar-refractivity contribution is -0.118. The number of benzene rings is 1. The van der Waals surface area contributed by atoms with E-state index < -0.39 is 0 Å². The molecule has 0 aliphatic rings. The largest absolute Gasteiger partial charge is 0.472 e. The summed E-state index contributed by atoms with van der Waals surface area (Å²) in [4.78, 5) is 27.7. The molecule has 3 heterocycles. The predicted molar refractivity (Wildman–Crippen MR) is 114 cm³/mol. The minimum Gasteiger partial charge on any atom is -0.472 e. The second-order valence-corrected chi connectivity index (χ2v) is 8.50. The molecule has 0 aliphatic carbocycles. The van der Waals surface area contributed by atoms with Gasteiger partial charge in [0.05, 0.1) is 18.0 Å². The monoisotopic (exact) mass is 473 g/mol. The molecule has 0 saturated carbocycles. The maximum absolute atomic E-state index is 12.6. The summed E-state index contributed by atoms with van der Waals surface area (Å²) < 4.78 is 7.63. The molecular weight excluding hydrogens is 458 g/mol. The van der Waals surface area contributed by atoms with Crippen LogP contribution >= 0.6 is 27.3 Å². The van der Waals surface area contributed by atoms with Crippen molar-refractivity contribution in [3.63, 3.8) is 0 Å². The number of rotatable bonds is 7. The molecule has 0 aliphatic heterocycles. The van der Waals surface area contributed by atoms with Gasteiger partial charge in [0.25, 0.3) is 5.91 Å². The van der Waals surface area contributed by atoms with E-state index in [1.807, 2.05) is 24.4 Å².